The number of benzene rings is 2. The summed E-state index contributed by atoms with van der Waals surface area (Å²) in [6.07, 6.45) is 0. The van der Waals surface area contributed by atoms with Gasteiger partial charge in [0.2, 0.25) is 11.8 Å². The number of nitrogens with zero attached hydrogens (tertiary/aromatic N) is 1. The predicted octanol–water partition coefficient (Wildman–Crippen LogP) is 2.78. The van der Waals surface area contributed by atoms with Crippen LogP contribution >= 0.6 is 0 Å². The van der Waals surface area contributed by atoms with E-state index in [1.54, 1.807) is 11.0 Å². The number of carbonyl (C=O) groups is 2. The highest BCUT2D eigenvalue weighted by atomic mass is 16.5. The molecule has 7 nitrogen and oxygen atoms in total. The van der Waals surface area contributed by atoms with E-state index in [9.17, 15) is 14.7 Å². The van der Waals surface area contributed by atoms with Crippen LogP contribution in [0.1, 0.15) is 52.7 Å². The van der Waals surface area contributed by atoms with Gasteiger partial charge in [-0.2, -0.15) is 0 Å². The summed E-state index contributed by atoms with van der Waals surface area (Å²) < 4.78 is 5.86. The number of ether oxygens (including phenoxy) is 1. The van der Waals surface area contributed by atoms with Gasteiger partial charge in [0.25, 0.3) is 0 Å². The summed E-state index contributed by atoms with van der Waals surface area (Å²) in [6.45, 7) is 12.2. The Morgan fingerprint density at radius 1 is 1.21 bits per heavy atom. The minimum Gasteiger partial charge on any atom is -0.492 e. The van der Waals surface area contributed by atoms with Crippen LogP contribution in [0.3, 0.4) is 0 Å². The van der Waals surface area contributed by atoms with Crippen LogP contribution in [0.4, 0.5) is 5.69 Å². The zero-order chi connectivity index (χ0) is 25.3. The van der Waals surface area contributed by atoms with Crippen molar-refractivity contribution >= 4 is 17.5 Å². The van der Waals surface area contributed by atoms with Crippen molar-refractivity contribution in [2.45, 2.75) is 58.0 Å². The van der Waals surface area contributed by atoms with E-state index < -0.39 is 22.8 Å². The van der Waals surface area contributed by atoms with Gasteiger partial charge in [-0.15, -0.1) is 0 Å². The largest absolute Gasteiger partial charge is 0.492 e. The van der Waals surface area contributed by atoms with Crippen molar-refractivity contribution in [1.29, 1.82) is 0 Å². The van der Waals surface area contributed by atoms with Crippen LogP contribution in [0.15, 0.2) is 42.5 Å². The number of aliphatic hydroxyl groups is 1. The van der Waals surface area contributed by atoms with Crippen molar-refractivity contribution in [2.75, 3.05) is 24.7 Å². The minimum absolute atomic E-state index is 0.0393. The maximum absolute atomic E-state index is 12.9. The fourth-order valence-corrected chi connectivity index (χ4v) is 5.38. The Balaban J connectivity index is 1.97. The lowest BCUT2D eigenvalue weighted by Crippen LogP contribution is -2.65. The molecule has 0 fully saturated rings. The summed E-state index contributed by atoms with van der Waals surface area (Å²) >= 11 is 0. The van der Waals surface area contributed by atoms with Crippen molar-refractivity contribution in [2.24, 2.45) is 11.7 Å². The van der Waals surface area contributed by atoms with Gasteiger partial charge in [0.05, 0.1) is 18.1 Å². The normalized spacial score (nSPS) is 21.6. The van der Waals surface area contributed by atoms with E-state index in [4.69, 9.17) is 10.5 Å². The second-order valence-electron chi connectivity index (χ2n) is 10.3. The summed E-state index contributed by atoms with van der Waals surface area (Å²) in [6, 6.07) is 16.3. The molecule has 7 heteroatoms. The number of aliphatic hydroxyl groups excluding tert-OH is 1. The third kappa shape index (κ3) is 4.55. The number of hydrogen-bond acceptors (Lipinski definition) is 5. The van der Waals surface area contributed by atoms with Gasteiger partial charge in [0.15, 0.2) is 0 Å². The highest BCUT2D eigenvalue weighted by Crippen LogP contribution is 2.54. The molecule has 2 aromatic carbocycles. The van der Waals surface area contributed by atoms with Crippen LogP contribution in [0.5, 0.6) is 5.75 Å². The van der Waals surface area contributed by atoms with Gasteiger partial charge >= 0.3 is 0 Å². The first-order valence-corrected chi connectivity index (χ1v) is 11.6. The van der Waals surface area contributed by atoms with E-state index in [1.165, 1.54) is 6.92 Å². The van der Waals surface area contributed by atoms with E-state index in [-0.39, 0.29) is 18.1 Å². The first-order valence-electron chi connectivity index (χ1n) is 11.6. The standard InChI is InChI=1S/C27H36N3O4/c1-18(32)30-22-10-8-7-9-21(22)27(6,23(24(28)33)26(30,4)5)19-11-13-20(14-12-19)34-16-15-29-25(2,3)17-31/h8-14,23,29,31H,15-17H2,1-6H3,(H2,28,33). The molecule has 0 aromatic heterocycles. The van der Waals surface area contributed by atoms with Crippen molar-refractivity contribution < 1.29 is 19.4 Å². The summed E-state index contributed by atoms with van der Waals surface area (Å²) in [4.78, 5) is 27.3. The Labute approximate surface area is 202 Å². The maximum Gasteiger partial charge on any atom is 0.224 e. The smallest absolute Gasteiger partial charge is 0.224 e. The fourth-order valence-electron chi connectivity index (χ4n) is 5.38. The zero-order valence-electron chi connectivity index (χ0n) is 20.9. The molecule has 1 aliphatic heterocycles. The van der Waals surface area contributed by atoms with Crippen LogP contribution in [0, 0.1) is 12.0 Å². The molecule has 1 radical (unpaired) electrons. The Bertz CT molecular complexity index is 1050. The maximum atomic E-state index is 12.9. The number of carbonyl (C=O) groups excluding carboxylic acids is 2. The lowest BCUT2D eigenvalue weighted by Gasteiger charge is -2.55. The Morgan fingerprint density at radius 2 is 1.85 bits per heavy atom. The topological polar surface area (TPSA) is 105 Å². The third-order valence-corrected chi connectivity index (χ3v) is 6.92. The average Bonchev–Trinajstić information content (AvgIpc) is 2.76. The molecule has 3 rings (SSSR count). The number of anilines is 1. The molecular formula is C27H36N3O4. The molecule has 0 saturated heterocycles. The Kier molecular flexibility index (Phi) is 7.10. The monoisotopic (exact) mass is 466 g/mol. The molecule has 183 valence electrons. The van der Waals surface area contributed by atoms with Crippen LogP contribution in [0.25, 0.3) is 0 Å². The minimum atomic E-state index is -0.846. The summed E-state index contributed by atoms with van der Waals surface area (Å²) in [5, 5.41) is 12.6. The second-order valence-corrected chi connectivity index (χ2v) is 10.3. The SMILES string of the molecule is CC(=O)N1c2cc[c]cc2C(C)(c2ccc(OCCNC(C)(C)CO)cc2)C(C(N)=O)C1(C)C. The molecule has 2 atom stereocenters. The van der Waals surface area contributed by atoms with Gasteiger partial charge in [0, 0.05) is 30.1 Å². The average molecular weight is 467 g/mol. The Morgan fingerprint density at radius 3 is 2.41 bits per heavy atom. The number of fused-ring (bicyclic) bond motifs is 1. The molecule has 2 amide bonds. The van der Waals surface area contributed by atoms with Gasteiger partial charge in [0.1, 0.15) is 12.4 Å². The summed E-state index contributed by atoms with van der Waals surface area (Å²) in [5.74, 6) is -0.589. The van der Waals surface area contributed by atoms with Gasteiger partial charge < -0.3 is 25.8 Å². The van der Waals surface area contributed by atoms with Gasteiger partial charge in [-0.1, -0.05) is 25.1 Å². The highest BCUT2D eigenvalue weighted by molar-refractivity contribution is 5.98. The third-order valence-electron chi connectivity index (χ3n) is 6.92. The van der Waals surface area contributed by atoms with Gasteiger partial charge in [-0.05, 0) is 69.2 Å². The number of nitrogens with one attached hydrogen (secondary N) is 1. The van der Waals surface area contributed by atoms with Gasteiger partial charge in [-0.3, -0.25) is 9.59 Å². The lowest BCUT2D eigenvalue weighted by atomic mass is 9.57. The highest BCUT2D eigenvalue weighted by Gasteiger charge is 2.57. The first-order chi connectivity index (χ1) is 15.9. The first kappa shape index (κ1) is 25.7. The molecule has 1 aliphatic rings. The summed E-state index contributed by atoms with van der Waals surface area (Å²) in [5.41, 5.74) is 6.50. The molecule has 2 aromatic rings. The fraction of sp³-hybridized carbons (Fsp3) is 0.481. The van der Waals surface area contributed by atoms with E-state index in [1.807, 2.05) is 71.0 Å². The molecule has 4 N–H and O–H groups in total. The number of amides is 2. The van der Waals surface area contributed by atoms with E-state index in [2.05, 4.69) is 11.4 Å². The lowest BCUT2D eigenvalue weighted by molar-refractivity contribution is -0.127. The van der Waals surface area contributed by atoms with E-state index in [0.29, 0.717) is 18.9 Å². The quantitative estimate of drug-likeness (QED) is 0.519. The van der Waals surface area contributed by atoms with Crippen molar-refractivity contribution in [1.82, 2.24) is 5.32 Å². The molecule has 1 heterocycles. The number of nitrogens with two attached hydrogens (primary N) is 1. The van der Waals surface area contributed by atoms with Crippen LogP contribution in [0.2, 0.25) is 0 Å². The zero-order valence-corrected chi connectivity index (χ0v) is 20.9. The molecule has 0 bridgehead atoms. The van der Waals surface area contributed by atoms with E-state index >= 15 is 0 Å². The molecule has 34 heavy (non-hydrogen) atoms. The molecular weight excluding hydrogens is 430 g/mol. The van der Waals surface area contributed by atoms with E-state index in [0.717, 1.165) is 16.8 Å². The van der Waals surface area contributed by atoms with Crippen molar-refractivity contribution in [3.63, 3.8) is 0 Å². The molecule has 0 saturated carbocycles. The van der Waals surface area contributed by atoms with Crippen LogP contribution in [-0.2, 0) is 15.0 Å². The number of primary amides is 1. The van der Waals surface area contributed by atoms with Crippen molar-refractivity contribution in [3.05, 3.63) is 59.7 Å². The van der Waals surface area contributed by atoms with Crippen LogP contribution in [-0.4, -0.2) is 47.8 Å². The predicted molar refractivity (Wildman–Crippen MR) is 133 cm³/mol. The number of hydrogen-bond donors (Lipinski definition) is 3. The molecule has 2 unspecified atom stereocenters. The van der Waals surface area contributed by atoms with Crippen molar-refractivity contribution in [3.8, 4) is 5.75 Å². The number of rotatable bonds is 8. The second kappa shape index (κ2) is 9.39. The molecule has 0 spiro atoms. The van der Waals surface area contributed by atoms with Crippen LogP contribution < -0.4 is 20.7 Å². The Hall–Kier alpha value is -2.90. The molecule has 0 aliphatic carbocycles. The summed E-state index contributed by atoms with van der Waals surface area (Å²) in [7, 11) is 0. The van der Waals surface area contributed by atoms with Gasteiger partial charge in [-0.25, -0.2) is 0 Å².